The summed E-state index contributed by atoms with van der Waals surface area (Å²) in [5, 5.41) is 8.80. The van der Waals surface area contributed by atoms with E-state index >= 15 is 0 Å². The quantitative estimate of drug-likeness (QED) is 0.799. The lowest BCUT2D eigenvalue weighted by Gasteiger charge is -2.16. The summed E-state index contributed by atoms with van der Waals surface area (Å²) in [5.41, 5.74) is 5.19. The van der Waals surface area contributed by atoms with E-state index in [-0.39, 0.29) is 12.2 Å². The molecule has 0 unspecified atom stereocenters. The van der Waals surface area contributed by atoms with Gasteiger partial charge in [0, 0.05) is 0 Å². The number of benzene rings is 1. The van der Waals surface area contributed by atoms with Crippen LogP contribution in [0.4, 0.5) is 13.2 Å². The molecule has 0 heterocycles. The maximum atomic E-state index is 12.5. The topological polar surface area (TPSA) is 46.2 Å². The maximum Gasteiger partial charge on any atom is 0.416 e. The van der Waals surface area contributed by atoms with Gasteiger partial charge in [0.2, 0.25) is 0 Å². The van der Waals surface area contributed by atoms with E-state index in [2.05, 4.69) is 0 Å². The first kappa shape index (κ1) is 12.0. The van der Waals surface area contributed by atoms with E-state index in [9.17, 15) is 13.2 Å². The van der Waals surface area contributed by atoms with Crippen LogP contribution in [0.15, 0.2) is 18.2 Å². The number of nitrogens with two attached hydrogens (primary N) is 1. The highest BCUT2D eigenvalue weighted by Gasteiger charge is 2.33. The van der Waals surface area contributed by atoms with Crippen molar-refractivity contribution < 1.29 is 18.3 Å². The second-order valence-corrected chi connectivity index (χ2v) is 3.31. The molecule has 0 saturated carbocycles. The van der Waals surface area contributed by atoms with E-state index in [1.54, 1.807) is 0 Å². The lowest BCUT2D eigenvalue weighted by atomic mass is 9.97. The molecule has 0 aromatic heterocycles. The molecular formula is C10H12F3NO. The fourth-order valence-corrected chi connectivity index (χ4v) is 1.46. The Morgan fingerprint density at radius 2 is 2.00 bits per heavy atom. The number of aliphatic hydroxyl groups excluding tert-OH is 1. The van der Waals surface area contributed by atoms with Gasteiger partial charge in [0.15, 0.2) is 0 Å². The maximum absolute atomic E-state index is 12.5. The van der Waals surface area contributed by atoms with E-state index in [1.165, 1.54) is 19.1 Å². The third-order valence-corrected chi connectivity index (χ3v) is 2.28. The van der Waals surface area contributed by atoms with Crippen molar-refractivity contribution in [2.24, 2.45) is 5.73 Å². The number of alkyl halides is 3. The number of hydrogen-bond donors (Lipinski definition) is 2. The van der Waals surface area contributed by atoms with Crippen molar-refractivity contribution in [3.05, 3.63) is 34.9 Å². The largest absolute Gasteiger partial charge is 0.416 e. The third kappa shape index (κ3) is 2.49. The summed E-state index contributed by atoms with van der Waals surface area (Å²) in [5.74, 6) is 0. The molecule has 15 heavy (non-hydrogen) atoms. The second-order valence-electron chi connectivity index (χ2n) is 3.31. The van der Waals surface area contributed by atoms with Crippen LogP contribution in [0.25, 0.3) is 0 Å². The zero-order valence-corrected chi connectivity index (χ0v) is 8.17. The summed E-state index contributed by atoms with van der Waals surface area (Å²) in [6, 6.07) is 3.02. The molecule has 2 nitrogen and oxygen atoms in total. The van der Waals surface area contributed by atoms with Gasteiger partial charge in [-0.25, -0.2) is 0 Å². The van der Waals surface area contributed by atoms with Gasteiger partial charge in [0.05, 0.1) is 18.2 Å². The molecule has 0 aliphatic carbocycles. The summed E-state index contributed by atoms with van der Waals surface area (Å²) in [6.45, 7) is 0.982. The monoisotopic (exact) mass is 219 g/mol. The highest BCUT2D eigenvalue weighted by Crippen LogP contribution is 2.33. The van der Waals surface area contributed by atoms with Gasteiger partial charge in [0.25, 0.3) is 0 Å². The molecule has 0 fully saturated rings. The van der Waals surface area contributed by atoms with Crippen LogP contribution in [0.1, 0.15) is 22.7 Å². The molecule has 1 aromatic rings. The van der Waals surface area contributed by atoms with E-state index in [4.69, 9.17) is 10.8 Å². The predicted molar refractivity (Wildman–Crippen MR) is 50.2 cm³/mol. The van der Waals surface area contributed by atoms with Crippen molar-refractivity contribution in [3.8, 4) is 0 Å². The van der Waals surface area contributed by atoms with Crippen LogP contribution in [0, 0.1) is 6.92 Å². The van der Waals surface area contributed by atoms with Crippen molar-refractivity contribution in [1.82, 2.24) is 0 Å². The average Bonchev–Trinajstić information content (AvgIpc) is 2.15. The molecule has 3 N–H and O–H groups in total. The van der Waals surface area contributed by atoms with E-state index in [1.807, 2.05) is 0 Å². The molecule has 0 aliphatic heterocycles. The molecule has 1 rings (SSSR count). The van der Waals surface area contributed by atoms with Crippen LogP contribution in [-0.4, -0.2) is 11.7 Å². The predicted octanol–water partition coefficient (Wildman–Crippen LogP) is 2.01. The first-order valence-corrected chi connectivity index (χ1v) is 4.41. The Morgan fingerprint density at radius 1 is 1.40 bits per heavy atom. The van der Waals surface area contributed by atoms with Gasteiger partial charge < -0.3 is 10.8 Å². The summed E-state index contributed by atoms with van der Waals surface area (Å²) in [6.07, 6.45) is -4.38. The van der Waals surface area contributed by atoms with Crippen molar-refractivity contribution in [1.29, 1.82) is 0 Å². The SMILES string of the molecule is Cc1c([C@@H](N)CO)cccc1C(F)(F)F. The Morgan fingerprint density at radius 3 is 2.47 bits per heavy atom. The Balaban J connectivity index is 3.23. The Hall–Kier alpha value is -1.07. The highest BCUT2D eigenvalue weighted by atomic mass is 19.4. The standard InChI is InChI=1S/C10H12F3NO/c1-6-7(9(14)5-15)3-2-4-8(6)10(11,12)13/h2-4,9,15H,5,14H2,1H3/t9-/m0/s1. The summed E-state index contributed by atoms with van der Waals surface area (Å²) in [7, 11) is 0. The second kappa shape index (κ2) is 4.20. The molecule has 0 saturated heterocycles. The number of halogens is 3. The fourth-order valence-electron chi connectivity index (χ4n) is 1.46. The van der Waals surface area contributed by atoms with Gasteiger partial charge in [-0.05, 0) is 24.1 Å². The van der Waals surface area contributed by atoms with Gasteiger partial charge in [-0.2, -0.15) is 13.2 Å². The van der Waals surface area contributed by atoms with Crippen LogP contribution in [0.2, 0.25) is 0 Å². The molecule has 84 valence electrons. The normalized spacial score (nSPS) is 14.0. The van der Waals surface area contributed by atoms with Gasteiger partial charge >= 0.3 is 6.18 Å². The summed E-state index contributed by atoms with van der Waals surface area (Å²) >= 11 is 0. The minimum Gasteiger partial charge on any atom is -0.394 e. The minimum absolute atomic E-state index is 0.0755. The van der Waals surface area contributed by atoms with E-state index < -0.39 is 17.8 Å². The lowest BCUT2D eigenvalue weighted by molar-refractivity contribution is -0.138. The van der Waals surface area contributed by atoms with E-state index in [0.29, 0.717) is 5.56 Å². The zero-order chi connectivity index (χ0) is 11.6. The van der Waals surface area contributed by atoms with Crippen LogP contribution in [0.5, 0.6) is 0 Å². The molecule has 0 aliphatic rings. The third-order valence-electron chi connectivity index (χ3n) is 2.28. The molecule has 0 amide bonds. The van der Waals surface area contributed by atoms with Crippen LogP contribution >= 0.6 is 0 Å². The van der Waals surface area contributed by atoms with Crippen LogP contribution in [0.3, 0.4) is 0 Å². The first-order chi connectivity index (χ1) is 6.88. The van der Waals surface area contributed by atoms with Crippen LogP contribution in [-0.2, 0) is 6.18 Å². The van der Waals surface area contributed by atoms with Crippen molar-refractivity contribution in [2.75, 3.05) is 6.61 Å². The zero-order valence-electron chi connectivity index (χ0n) is 8.17. The van der Waals surface area contributed by atoms with Crippen molar-refractivity contribution in [3.63, 3.8) is 0 Å². The van der Waals surface area contributed by atoms with E-state index in [0.717, 1.165) is 6.07 Å². The molecule has 5 heteroatoms. The smallest absolute Gasteiger partial charge is 0.394 e. The van der Waals surface area contributed by atoms with Gasteiger partial charge in [-0.1, -0.05) is 12.1 Å². The summed E-state index contributed by atoms with van der Waals surface area (Å²) < 4.78 is 37.5. The van der Waals surface area contributed by atoms with Crippen LogP contribution < -0.4 is 5.73 Å². The minimum atomic E-state index is -4.38. The van der Waals surface area contributed by atoms with Gasteiger partial charge in [0.1, 0.15) is 0 Å². The van der Waals surface area contributed by atoms with Crippen molar-refractivity contribution >= 4 is 0 Å². The van der Waals surface area contributed by atoms with Gasteiger partial charge in [-0.3, -0.25) is 0 Å². The average molecular weight is 219 g/mol. The number of aliphatic hydroxyl groups is 1. The molecule has 0 bridgehead atoms. The number of rotatable bonds is 2. The first-order valence-electron chi connectivity index (χ1n) is 4.41. The Bertz CT molecular complexity index is 349. The summed E-state index contributed by atoms with van der Waals surface area (Å²) in [4.78, 5) is 0. The molecule has 1 aromatic carbocycles. The Labute approximate surface area is 85.5 Å². The fraction of sp³-hybridized carbons (Fsp3) is 0.400. The van der Waals surface area contributed by atoms with Gasteiger partial charge in [-0.15, -0.1) is 0 Å². The Kier molecular flexibility index (Phi) is 3.36. The molecule has 0 radical (unpaired) electrons. The highest BCUT2D eigenvalue weighted by molar-refractivity contribution is 5.37. The lowest BCUT2D eigenvalue weighted by Crippen LogP contribution is -2.18. The van der Waals surface area contributed by atoms with Crippen molar-refractivity contribution in [2.45, 2.75) is 19.1 Å². The number of hydrogen-bond acceptors (Lipinski definition) is 2. The molecule has 1 atom stereocenters. The molecule has 0 spiro atoms. The molecular weight excluding hydrogens is 207 g/mol.